The highest BCUT2D eigenvalue weighted by Gasteiger charge is 2.21. The zero-order chi connectivity index (χ0) is 11.4. The van der Waals surface area contributed by atoms with Gasteiger partial charge in [0, 0.05) is 3.57 Å². The van der Waals surface area contributed by atoms with Gasteiger partial charge in [0.2, 0.25) is 0 Å². The lowest BCUT2D eigenvalue weighted by molar-refractivity contribution is 0.328. The van der Waals surface area contributed by atoms with Gasteiger partial charge in [0.25, 0.3) is 0 Å². The van der Waals surface area contributed by atoms with Crippen LogP contribution in [0.4, 0.5) is 0 Å². The van der Waals surface area contributed by atoms with Gasteiger partial charge < -0.3 is 0 Å². The summed E-state index contributed by atoms with van der Waals surface area (Å²) >= 11 is 2.37. The SMILES string of the molecule is C=CCC1CCC(c2ccc(I)cc2)CC1. The first-order chi connectivity index (χ1) is 7.79. The van der Waals surface area contributed by atoms with E-state index in [1.165, 1.54) is 41.2 Å². The molecule has 0 aliphatic heterocycles. The van der Waals surface area contributed by atoms with Crippen LogP contribution in [0, 0.1) is 9.49 Å². The van der Waals surface area contributed by atoms with Gasteiger partial charge >= 0.3 is 0 Å². The molecule has 0 unspecified atom stereocenters. The fourth-order valence-electron chi connectivity index (χ4n) is 2.70. The second-order valence-corrected chi connectivity index (χ2v) is 6.04. The van der Waals surface area contributed by atoms with Crippen molar-refractivity contribution in [2.45, 2.75) is 38.0 Å². The average Bonchev–Trinajstić information content (AvgIpc) is 2.32. The first-order valence-corrected chi connectivity index (χ1v) is 7.24. The van der Waals surface area contributed by atoms with E-state index in [1.807, 2.05) is 0 Å². The summed E-state index contributed by atoms with van der Waals surface area (Å²) in [5.74, 6) is 1.70. The van der Waals surface area contributed by atoms with Gasteiger partial charge in [0.1, 0.15) is 0 Å². The molecule has 0 amide bonds. The minimum absolute atomic E-state index is 0.804. The number of benzene rings is 1. The van der Waals surface area contributed by atoms with Gasteiger partial charge in [0.05, 0.1) is 0 Å². The van der Waals surface area contributed by atoms with E-state index >= 15 is 0 Å². The molecule has 1 aliphatic rings. The van der Waals surface area contributed by atoms with Crippen molar-refractivity contribution in [2.75, 3.05) is 0 Å². The molecule has 1 fully saturated rings. The van der Waals surface area contributed by atoms with Crippen LogP contribution >= 0.6 is 22.6 Å². The average molecular weight is 326 g/mol. The zero-order valence-corrected chi connectivity index (χ0v) is 11.8. The van der Waals surface area contributed by atoms with Crippen molar-refractivity contribution in [2.24, 2.45) is 5.92 Å². The number of rotatable bonds is 3. The fraction of sp³-hybridized carbons (Fsp3) is 0.467. The largest absolute Gasteiger partial charge is 0.103 e. The van der Waals surface area contributed by atoms with E-state index in [0.717, 1.165) is 11.8 Å². The van der Waals surface area contributed by atoms with Crippen molar-refractivity contribution < 1.29 is 0 Å². The van der Waals surface area contributed by atoms with E-state index in [4.69, 9.17) is 0 Å². The number of halogens is 1. The molecule has 0 radical (unpaired) electrons. The maximum absolute atomic E-state index is 3.84. The first-order valence-electron chi connectivity index (χ1n) is 6.16. The van der Waals surface area contributed by atoms with Crippen molar-refractivity contribution in [1.82, 2.24) is 0 Å². The molecule has 0 atom stereocenters. The predicted octanol–water partition coefficient (Wildman–Crippen LogP) is 5.14. The fourth-order valence-corrected chi connectivity index (χ4v) is 3.06. The Balaban J connectivity index is 1.93. The van der Waals surface area contributed by atoms with Gasteiger partial charge in [-0.15, -0.1) is 6.58 Å². The summed E-state index contributed by atoms with van der Waals surface area (Å²) in [6, 6.07) is 9.07. The molecule has 0 bridgehead atoms. The van der Waals surface area contributed by atoms with E-state index in [0.29, 0.717) is 0 Å². The lowest BCUT2D eigenvalue weighted by Gasteiger charge is -2.28. The first kappa shape index (κ1) is 12.2. The number of allylic oxidation sites excluding steroid dienone is 1. The van der Waals surface area contributed by atoms with Crippen LogP contribution in [-0.2, 0) is 0 Å². The van der Waals surface area contributed by atoms with Crippen LogP contribution in [0.1, 0.15) is 43.6 Å². The topological polar surface area (TPSA) is 0 Å². The lowest BCUT2D eigenvalue weighted by Crippen LogP contribution is -2.12. The molecule has 0 saturated heterocycles. The lowest BCUT2D eigenvalue weighted by atomic mass is 9.78. The Morgan fingerprint density at radius 2 is 1.75 bits per heavy atom. The maximum Gasteiger partial charge on any atom is 0.0130 e. The van der Waals surface area contributed by atoms with E-state index < -0.39 is 0 Å². The molecule has 86 valence electrons. The summed E-state index contributed by atoms with van der Waals surface area (Å²) in [4.78, 5) is 0. The number of hydrogen-bond donors (Lipinski definition) is 0. The van der Waals surface area contributed by atoms with E-state index in [2.05, 4.69) is 59.5 Å². The maximum atomic E-state index is 3.84. The second kappa shape index (κ2) is 5.85. The summed E-state index contributed by atoms with van der Waals surface area (Å²) in [6.45, 7) is 3.84. The van der Waals surface area contributed by atoms with Gasteiger partial charge in [-0.3, -0.25) is 0 Å². The van der Waals surface area contributed by atoms with Crippen LogP contribution in [-0.4, -0.2) is 0 Å². The Kier molecular flexibility index (Phi) is 4.45. The Morgan fingerprint density at radius 3 is 2.31 bits per heavy atom. The highest BCUT2D eigenvalue weighted by molar-refractivity contribution is 14.1. The van der Waals surface area contributed by atoms with E-state index in [9.17, 15) is 0 Å². The van der Waals surface area contributed by atoms with Crippen molar-refractivity contribution in [3.8, 4) is 0 Å². The molecule has 1 aromatic rings. The van der Waals surface area contributed by atoms with Gasteiger partial charge in [-0.2, -0.15) is 0 Å². The molecule has 0 aromatic heterocycles. The Labute approximate surface area is 112 Å². The Morgan fingerprint density at radius 1 is 1.12 bits per heavy atom. The van der Waals surface area contributed by atoms with Crippen LogP contribution < -0.4 is 0 Å². The third-order valence-electron chi connectivity index (χ3n) is 3.69. The van der Waals surface area contributed by atoms with Crippen molar-refractivity contribution in [3.63, 3.8) is 0 Å². The summed E-state index contributed by atoms with van der Waals surface area (Å²) < 4.78 is 1.33. The predicted molar refractivity (Wildman–Crippen MR) is 78.7 cm³/mol. The molecule has 1 aliphatic carbocycles. The Hall–Kier alpha value is -0.310. The normalized spacial score (nSPS) is 25.3. The van der Waals surface area contributed by atoms with Gasteiger partial charge in [0.15, 0.2) is 0 Å². The van der Waals surface area contributed by atoms with Gasteiger partial charge in [-0.25, -0.2) is 0 Å². The van der Waals surface area contributed by atoms with Crippen molar-refractivity contribution in [1.29, 1.82) is 0 Å². The standard InChI is InChI=1S/C15H19I/c1-2-3-12-4-6-13(7-5-12)14-8-10-15(16)11-9-14/h2,8-13H,1,3-7H2. The Bertz CT molecular complexity index is 331. The summed E-state index contributed by atoms with van der Waals surface area (Å²) in [5, 5.41) is 0. The van der Waals surface area contributed by atoms with Gasteiger partial charge in [-0.1, -0.05) is 18.2 Å². The second-order valence-electron chi connectivity index (χ2n) is 4.79. The molecule has 1 saturated carbocycles. The zero-order valence-electron chi connectivity index (χ0n) is 9.66. The molecule has 16 heavy (non-hydrogen) atoms. The van der Waals surface area contributed by atoms with Crippen molar-refractivity contribution >= 4 is 22.6 Å². The molecule has 0 heterocycles. The highest BCUT2D eigenvalue weighted by Crippen LogP contribution is 2.37. The van der Waals surface area contributed by atoms with Crippen molar-refractivity contribution in [3.05, 3.63) is 46.1 Å². The summed E-state index contributed by atoms with van der Waals surface area (Å²) in [5.41, 5.74) is 1.54. The minimum atomic E-state index is 0.804. The third-order valence-corrected chi connectivity index (χ3v) is 4.41. The summed E-state index contributed by atoms with van der Waals surface area (Å²) in [7, 11) is 0. The van der Waals surface area contributed by atoms with E-state index in [1.54, 1.807) is 0 Å². The molecule has 2 rings (SSSR count). The molecule has 0 nitrogen and oxygen atoms in total. The molecular weight excluding hydrogens is 307 g/mol. The molecule has 1 heteroatoms. The third kappa shape index (κ3) is 3.09. The van der Waals surface area contributed by atoms with Crippen LogP contribution in [0.2, 0.25) is 0 Å². The summed E-state index contributed by atoms with van der Waals surface area (Å²) in [6.07, 6.45) is 8.76. The molecule has 0 spiro atoms. The molecule has 0 N–H and O–H groups in total. The van der Waals surface area contributed by atoms with E-state index in [-0.39, 0.29) is 0 Å². The van der Waals surface area contributed by atoms with Crippen LogP contribution in [0.5, 0.6) is 0 Å². The molecular formula is C15H19I. The van der Waals surface area contributed by atoms with Crippen LogP contribution in [0.15, 0.2) is 36.9 Å². The number of hydrogen-bond acceptors (Lipinski definition) is 0. The highest BCUT2D eigenvalue weighted by atomic mass is 127. The minimum Gasteiger partial charge on any atom is -0.103 e. The van der Waals surface area contributed by atoms with Crippen LogP contribution in [0.25, 0.3) is 0 Å². The smallest absolute Gasteiger partial charge is 0.0130 e. The van der Waals surface area contributed by atoms with Crippen LogP contribution in [0.3, 0.4) is 0 Å². The van der Waals surface area contributed by atoms with Gasteiger partial charge in [-0.05, 0) is 84.2 Å². The quantitative estimate of drug-likeness (QED) is 0.533. The molecule has 1 aromatic carbocycles. The monoisotopic (exact) mass is 326 g/mol.